The van der Waals surface area contributed by atoms with E-state index in [-0.39, 0.29) is 12.0 Å². The Morgan fingerprint density at radius 1 is 1.32 bits per heavy atom. The number of anilines is 2. The van der Waals surface area contributed by atoms with Crippen LogP contribution >= 0.6 is 0 Å². The van der Waals surface area contributed by atoms with E-state index >= 15 is 0 Å². The maximum Gasteiger partial charge on any atom is 0.322 e. The van der Waals surface area contributed by atoms with Crippen LogP contribution in [0.1, 0.15) is 25.7 Å². The van der Waals surface area contributed by atoms with Gasteiger partial charge in [0.05, 0.1) is 7.11 Å². The van der Waals surface area contributed by atoms with Gasteiger partial charge in [-0.25, -0.2) is 0 Å². The summed E-state index contributed by atoms with van der Waals surface area (Å²) in [4.78, 5) is 14.3. The quantitative estimate of drug-likeness (QED) is 0.785. The molecular weight excluding hydrogens is 244 g/mol. The van der Waals surface area contributed by atoms with E-state index in [2.05, 4.69) is 32.2 Å². The van der Waals surface area contributed by atoms with Crippen molar-refractivity contribution in [3.8, 4) is 6.01 Å². The fourth-order valence-corrected chi connectivity index (χ4v) is 2.41. The largest absolute Gasteiger partial charge is 0.467 e. The number of nitrogens with one attached hydrogen (secondary N) is 1. The lowest BCUT2D eigenvalue weighted by molar-refractivity contribution is 0.254. The molecule has 1 heterocycles. The van der Waals surface area contributed by atoms with E-state index in [9.17, 15) is 0 Å². The number of aromatic nitrogens is 3. The van der Waals surface area contributed by atoms with Gasteiger partial charge >= 0.3 is 6.01 Å². The van der Waals surface area contributed by atoms with Crippen LogP contribution < -0.4 is 15.8 Å². The Bertz CT molecular complexity index is 407. The molecule has 0 aromatic carbocycles. The highest BCUT2D eigenvalue weighted by Crippen LogP contribution is 2.21. The molecule has 7 heteroatoms. The number of likely N-dealkylation sites (N-methyl/N-ethyl adjacent to an activating group) is 1. The number of nitrogen functional groups attached to an aromatic ring is 1. The first-order valence-corrected chi connectivity index (χ1v) is 6.68. The summed E-state index contributed by atoms with van der Waals surface area (Å²) >= 11 is 0. The highest BCUT2D eigenvalue weighted by molar-refractivity contribution is 5.32. The molecule has 1 aromatic heterocycles. The predicted molar refractivity (Wildman–Crippen MR) is 74.2 cm³/mol. The minimum atomic E-state index is 0.165. The second kappa shape index (κ2) is 6.51. The summed E-state index contributed by atoms with van der Waals surface area (Å²) in [6.45, 7) is 1.73. The lowest BCUT2D eigenvalue weighted by Crippen LogP contribution is -2.33. The van der Waals surface area contributed by atoms with Gasteiger partial charge in [0.2, 0.25) is 11.9 Å². The number of hydrogen-bond donors (Lipinski definition) is 2. The predicted octanol–water partition coefficient (Wildman–Crippen LogP) is 0.749. The summed E-state index contributed by atoms with van der Waals surface area (Å²) in [6.07, 6.45) is 5.32. The third-order valence-electron chi connectivity index (χ3n) is 3.51. The molecule has 1 fully saturated rings. The Labute approximate surface area is 113 Å². The third kappa shape index (κ3) is 3.92. The summed E-state index contributed by atoms with van der Waals surface area (Å²) in [5.74, 6) is 0.627. The number of nitrogens with zero attached hydrogens (tertiary/aromatic N) is 4. The summed E-state index contributed by atoms with van der Waals surface area (Å²) in [5, 5.41) is 3.15. The standard InChI is InChI=1S/C12H22N6O/c1-18(9-5-3-4-6-9)8-7-14-11-15-10(13)16-12(17-11)19-2/h9H,3-8H2,1-2H3,(H3,13,14,15,16,17). The molecule has 0 unspecified atom stereocenters. The van der Waals surface area contributed by atoms with Crippen LogP contribution in [0.3, 0.4) is 0 Å². The second-order valence-electron chi connectivity index (χ2n) is 4.85. The van der Waals surface area contributed by atoms with E-state index in [4.69, 9.17) is 10.5 Å². The van der Waals surface area contributed by atoms with Crippen molar-refractivity contribution in [1.29, 1.82) is 0 Å². The number of hydrogen-bond acceptors (Lipinski definition) is 7. The normalized spacial score (nSPS) is 15.9. The molecule has 0 bridgehead atoms. The van der Waals surface area contributed by atoms with Gasteiger partial charge in [-0.2, -0.15) is 15.0 Å². The maximum absolute atomic E-state index is 5.57. The van der Waals surface area contributed by atoms with Crippen LogP contribution in [-0.2, 0) is 0 Å². The van der Waals surface area contributed by atoms with Crippen LogP contribution in [0.5, 0.6) is 6.01 Å². The van der Waals surface area contributed by atoms with Gasteiger partial charge in [0.1, 0.15) is 0 Å². The lowest BCUT2D eigenvalue weighted by atomic mass is 10.2. The van der Waals surface area contributed by atoms with E-state index in [0.717, 1.165) is 19.1 Å². The summed E-state index contributed by atoms with van der Waals surface area (Å²) in [5.41, 5.74) is 5.57. The molecule has 1 saturated carbocycles. The Morgan fingerprint density at radius 2 is 2.05 bits per heavy atom. The molecule has 19 heavy (non-hydrogen) atoms. The van der Waals surface area contributed by atoms with Crippen molar-refractivity contribution in [3.63, 3.8) is 0 Å². The zero-order valence-corrected chi connectivity index (χ0v) is 11.6. The van der Waals surface area contributed by atoms with Gasteiger partial charge in [0.15, 0.2) is 0 Å². The first-order chi connectivity index (χ1) is 9.19. The van der Waals surface area contributed by atoms with Gasteiger partial charge in [-0.05, 0) is 19.9 Å². The first-order valence-electron chi connectivity index (χ1n) is 6.68. The van der Waals surface area contributed by atoms with Gasteiger partial charge in [-0.3, -0.25) is 0 Å². The van der Waals surface area contributed by atoms with Gasteiger partial charge in [0, 0.05) is 19.1 Å². The SMILES string of the molecule is COc1nc(N)nc(NCCN(C)C2CCCC2)n1. The smallest absolute Gasteiger partial charge is 0.322 e. The Hall–Kier alpha value is -1.63. The molecule has 1 aliphatic carbocycles. The number of nitrogens with two attached hydrogens (primary N) is 1. The maximum atomic E-state index is 5.57. The molecule has 0 aliphatic heterocycles. The Kier molecular flexibility index (Phi) is 4.73. The minimum absolute atomic E-state index is 0.165. The first kappa shape index (κ1) is 13.8. The van der Waals surface area contributed by atoms with E-state index in [1.165, 1.54) is 32.8 Å². The molecule has 0 radical (unpaired) electrons. The van der Waals surface area contributed by atoms with Gasteiger partial charge in [-0.1, -0.05) is 12.8 Å². The van der Waals surface area contributed by atoms with E-state index in [0.29, 0.717) is 5.95 Å². The number of rotatable bonds is 6. The highest BCUT2D eigenvalue weighted by Gasteiger charge is 2.18. The molecule has 0 atom stereocenters. The molecule has 2 rings (SSSR count). The lowest BCUT2D eigenvalue weighted by Gasteiger charge is -2.23. The fraction of sp³-hybridized carbons (Fsp3) is 0.750. The summed E-state index contributed by atoms with van der Waals surface area (Å²) < 4.78 is 4.95. The third-order valence-corrected chi connectivity index (χ3v) is 3.51. The number of methoxy groups -OCH3 is 1. The van der Waals surface area contributed by atoms with Crippen molar-refractivity contribution in [2.24, 2.45) is 0 Å². The molecule has 3 N–H and O–H groups in total. The van der Waals surface area contributed by atoms with Crippen LogP contribution in [0.4, 0.5) is 11.9 Å². The molecule has 0 saturated heterocycles. The Balaban J connectivity index is 1.80. The molecule has 7 nitrogen and oxygen atoms in total. The van der Waals surface area contributed by atoms with Crippen LogP contribution in [0.25, 0.3) is 0 Å². The topological polar surface area (TPSA) is 89.2 Å². The monoisotopic (exact) mass is 266 g/mol. The van der Waals surface area contributed by atoms with Crippen molar-refractivity contribution < 1.29 is 4.74 Å². The van der Waals surface area contributed by atoms with Crippen LogP contribution in [0.15, 0.2) is 0 Å². The average molecular weight is 266 g/mol. The van der Waals surface area contributed by atoms with Crippen molar-refractivity contribution in [2.45, 2.75) is 31.7 Å². The van der Waals surface area contributed by atoms with E-state index in [1.807, 2.05) is 0 Å². The van der Waals surface area contributed by atoms with Crippen molar-refractivity contribution >= 4 is 11.9 Å². The molecule has 106 valence electrons. The van der Waals surface area contributed by atoms with Gasteiger partial charge < -0.3 is 20.7 Å². The molecule has 1 aromatic rings. The summed E-state index contributed by atoms with van der Waals surface area (Å²) in [7, 11) is 3.67. The summed E-state index contributed by atoms with van der Waals surface area (Å²) in [6, 6.07) is 0.957. The molecular formula is C12H22N6O. The Morgan fingerprint density at radius 3 is 2.74 bits per heavy atom. The zero-order chi connectivity index (χ0) is 13.7. The van der Waals surface area contributed by atoms with Crippen molar-refractivity contribution in [1.82, 2.24) is 19.9 Å². The van der Waals surface area contributed by atoms with Crippen LogP contribution in [-0.4, -0.2) is 53.1 Å². The second-order valence-corrected chi connectivity index (χ2v) is 4.85. The van der Waals surface area contributed by atoms with E-state index in [1.54, 1.807) is 0 Å². The van der Waals surface area contributed by atoms with Crippen LogP contribution in [0, 0.1) is 0 Å². The van der Waals surface area contributed by atoms with E-state index < -0.39 is 0 Å². The fourth-order valence-electron chi connectivity index (χ4n) is 2.41. The highest BCUT2D eigenvalue weighted by atomic mass is 16.5. The average Bonchev–Trinajstić information content (AvgIpc) is 2.92. The van der Waals surface area contributed by atoms with Crippen molar-refractivity contribution in [2.75, 3.05) is 38.3 Å². The van der Waals surface area contributed by atoms with Crippen LogP contribution in [0.2, 0.25) is 0 Å². The minimum Gasteiger partial charge on any atom is -0.467 e. The molecule has 1 aliphatic rings. The molecule has 0 amide bonds. The number of ether oxygens (including phenoxy) is 1. The zero-order valence-electron chi connectivity index (χ0n) is 11.6. The van der Waals surface area contributed by atoms with Gasteiger partial charge in [0.25, 0.3) is 0 Å². The molecule has 0 spiro atoms. The van der Waals surface area contributed by atoms with Gasteiger partial charge in [-0.15, -0.1) is 0 Å². The van der Waals surface area contributed by atoms with Crippen molar-refractivity contribution in [3.05, 3.63) is 0 Å².